The molecule has 0 aromatic carbocycles. The van der Waals surface area contributed by atoms with Gasteiger partial charge in [0.2, 0.25) is 0 Å². The van der Waals surface area contributed by atoms with Crippen LogP contribution in [-0.4, -0.2) is 46.9 Å². The molecule has 6 nitrogen and oxygen atoms in total. The normalized spacial score (nSPS) is 14.1. The molecule has 2 unspecified atom stereocenters. The van der Waals surface area contributed by atoms with Gasteiger partial charge in [-0.3, -0.25) is 9.59 Å². The van der Waals surface area contributed by atoms with E-state index < -0.39 is 30.9 Å². The average molecular weight is 237 g/mol. The summed E-state index contributed by atoms with van der Waals surface area (Å²) >= 11 is 4.40. The van der Waals surface area contributed by atoms with Crippen molar-refractivity contribution in [2.75, 3.05) is 12.4 Å². The highest BCUT2D eigenvalue weighted by Crippen LogP contribution is 2.04. The van der Waals surface area contributed by atoms with Crippen molar-refractivity contribution in [1.29, 1.82) is 0 Å². The first-order valence-electron chi connectivity index (χ1n) is 4.31. The summed E-state index contributed by atoms with van der Waals surface area (Å²) in [5.74, 6) is -1.77. The molecule has 0 aliphatic carbocycles. The largest absolute Gasteiger partial charge is 0.422 e. The number of aliphatic hydroxyl groups excluding tert-OH is 2. The third kappa shape index (κ3) is 5.60. The van der Waals surface area contributed by atoms with Crippen molar-refractivity contribution in [3.05, 3.63) is 0 Å². The van der Waals surface area contributed by atoms with Gasteiger partial charge in [-0.25, -0.2) is 0 Å². The quantitative estimate of drug-likeness (QED) is 0.471. The Labute approximate surface area is 92.6 Å². The monoisotopic (exact) mass is 237 g/mol. The van der Waals surface area contributed by atoms with Gasteiger partial charge in [0.1, 0.15) is 5.75 Å². The van der Waals surface area contributed by atoms with E-state index in [0.717, 1.165) is 0 Å². The third-order valence-electron chi connectivity index (χ3n) is 1.40. The highest BCUT2D eigenvalue weighted by molar-refractivity contribution is 7.81. The number of ether oxygens (including phenoxy) is 2. The van der Waals surface area contributed by atoms with Crippen LogP contribution in [0, 0.1) is 0 Å². The molecule has 15 heavy (non-hydrogen) atoms. The van der Waals surface area contributed by atoms with Gasteiger partial charge in [-0.15, -0.1) is 0 Å². The maximum absolute atomic E-state index is 10.9. The minimum absolute atomic E-state index is 0.0695. The van der Waals surface area contributed by atoms with Crippen LogP contribution in [0.2, 0.25) is 0 Å². The predicted molar refractivity (Wildman–Crippen MR) is 51.8 cm³/mol. The smallest absolute Gasteiger partial charge is 0.319 e. The molecular formula is C8H13O6S. The zero-order chi connectivity index (χ0) is 11.8. The zero-order valence-corrected chi connectivity index (χ0v) is 9.03. The zero-order valence-electron chi connectivity index (χ0n) is 8.21. The fourth-order valence-corrected chi connectivity index (χ4v) is 0.712. The molecule has 2 atom stereocenters. The van der Waals surface area contributed by atoms with Crippen molar-refractivity contribution in [3.8, 4) is 0 Å². The standard InChI is InChI=1S/C8H13O6S/c1-2-6(11)13-8(5(10)3-9)14-7(12)4-15/h5,8-10H,2-4H2,1H3. The van der Waals surface area contributed by atoms with Crippen LogP contribution in [0.1, 0.15) is 13.3 Å². The first-order chi connectivity index (χ1) is 7.04. The topological polar surface area (TPSA) is 93.1 Å². The minimum Gasteiger partial charge on any atom is -0.422 e. The molecule has 0 spiro atoms. The van der Waals surface area contributed by atoms with Crippen LogP contribution in [0.5, 0.6) is 0 Å². The van der Waals surface area contributed by atoms with Gasteiger partial charge in [0, 0.05) is 6.42 Å². The number of aliphatic hydroxyl groups is 2. The maximum atomic E-state index is 10.9. The molecule has 0 heterocycles. The Kier molecular flexibility index (Phi) is 7.10. The first-order valence-corrected chi connectivity index (χ1v) is 4.88. The van der Waals surface area contributed by atoms with Gasteiger partial charge < -0.3 is 19.7 Å². The molecule has 0 saturated carbocycles. The number of hydrogen-bond donors (Lipinski definition) is 2. The Balaban J connectivity index is 4.30. The fraction of sp³-hybridized carbons (Fsp3) is 0.750. The number of carbonyl (C=O) groups excluding carboxylic acids is 2. The summed E-state index contributed by atoms with van der Waals surface area (Å²) in [5.41, 5.74) is 0. The Morgan fingerprint density at radius 1 is 1.33 bits per heavy atom. The second-order valence-corrected chi connectivity index (χ2v) is 2.88. The Morgan fingerprint density at radius 3 is 2.27 bits per heavy atom. The molecule has 87 valence electrons. The summed E-state index contributed by atoms with van der Waals surface area (Å²) in [4.78, 5) is 21.7. The van der Waals surface area contributed by atoms with Gasteiger partial charge in [-0.05, 0) is 0 Å². The Hall–Kier alpha value is -0.790. The summed E-state index contributed by atoms with van der Waals surface area (Å²) in [5, 5.41) is 17.8. The van der Waals surface area contributed by atoms with Crippen LogP contribution in [0.25, 0.3) is 0 Å². The van der Waals surface area contributed by atoms with Crippen molar-refractivity contribution >= 4 is 24.6 Å². The van der Waals surface area contributed by atoms with Crippen LogP contribution in [0.15, 0.2) is 0 Å². The van der Waals surface area contributed by atoms with Gasteiger partial charge in [0.05, 0.1) is 6.61 Å². The third-order valence-corrected chi connectivity index (χ3v) is 1.64. The van der Waals surface area contributed by atoms with Gasteiger partial charge >= 0.3 is 11.9 Å². The van der Waals surface area contributed by atoms with E-state index in [1.807, 2.05) is 0 Å². The fourth-order valence-electron chi connectivity index (χ4n) is 0.644. The van der Waals surface area contributed by atoms with Crippen LogP contribution in [0.4, 0.5) is 0 Å². The summed E-state index contributed by atoms with van der Waals surface area (Å²) in [6, 6.07) is 0. The van der Waals surface area contributed by atoms with Crippen molar-refractivity contribution < 1.29 is 29.3 Å². The van der Waals surface area contributed by atoms with Gasteiger partial charge in [0.25, 0.3) is 6.29 Å². The maximum Gasteiger partial charge on any atom is 0.319 e. The second kappa shape index (κ2) is 7.49. The van der Waals surface area contributed by atoms with E-state index >= 15 is 0 Å². The van der Waals surface area contributed by atoms with E-state index in [9.17, 15) is 9.59 Å². The van der Waals surface area contributed by atoms with Crippen LogP contribution >= 0.6 is 12.6 Å². The Morgan fingerprint density at radius 2 is 1.87 bits per heavy atom. The van der Waals surface area contributed by atoms with Gasteiger partial charge in [-0.1, -0.05) is 19.6 Å². The summed E-state index contributed by atoms with van der Waals surface area (Å²) < 4.78 is 9.12. The molecule has 2 N–H and O–H groups in total. The number of carbonyl (C=O) groups is 2. The predicted octanol–water partition coefficient (Wildman–Crippen LogP) is -0.640. The lowest BCUT2D eigenvalue weighted by Crippen LogP contribution is -2.38. The number of rotatable bonds is 6. The SMILES string of the molecule is CCC(=O)OC(OC(=O)C[S])C(O)CO. The van der Waals surface area contributed by atoms with Crippen molar-refractivity contribution in [1.82, 2.24) is 0 Å². The molecular weight excluding hydrogens is 224 g/mol. The van der Waals surface area contributed by atoms with Gasteiger partial charge in [0.15, 0.2) is 6.10 Å². The van der Waals surface area contributed by atoms with E-state index in [1.54, 1.807) is 6.92 Å². The first kappa shape index (κ1) is 14.2. The molecule has 0 aliphatic heterocycles. The molecule has 7 heteroatoms. The molecule has 0 aromatic heterocycles. The highest BCUT2D eigenvalue weighted by Gasteiger charge is 2.25. The van der Waals surface area contributed by atoms with Crippen LogP contribution in [-0.2, 0) is 19.1 Å². The molecule has 0 rings (SSSR count). The van der Waals surface area contributed by atoms with Crippen LogP contribution < -0.4 is 0 Å². The molecule has 1 radical (unpaired) electrons. The van der Waals surface area contributed by atoms with E-state index in [1.165, 1.54) is 0 Å². The van der Waals surface area contributed by atoms with Crippen LogP contribution in [0.3, 0.4) is 0 Å². The molecule has 0 bridgehead atoms. The molecule has 0 fully saturated rings. The highest BCUT2D eigenvalue weighted by atomic mass is 32.1. The summed E-state index contributed by atoms with van der Waals surface area (Å²) in [6.45, 7) is 0.853. The molecule has 0 amide bonds. The lowest BCUT2D eigenvalue weighted by Gasteiger charge is -2.20. The summed E-state index contributed by atoms with van der Waals surface area (Å²) in [7, 11) is 0. The second-order valence-electron chi connectivity index (χ2n) is 2.60. The molecule has 0 saturated heterocycles. The lowest BCUT2D eigenvalue weighted by molar-refractivity contribution is -0.208. The number of hydrogen-bond acceptors (Lipinski definition) is 6. The van der Waals surface area contributed by atoms with E-state index in [0.29, 0.717) is 0 Å². The minimum atomic E-state index is -1.50. The summed E-state index contributed by atoms with van der Waals surface area (Å²) in [6.07, 6.45) is -2.90. The van der Waals surface area contributed by atoms with E-state index in [4.69, 9.17) is 10.2 Å². The molecule has 0 aromatic rings. The molecule has 0 aliphatic rings. The lowest BCUT2D eigenvalue weighted by atomic mass is 10.3. The van der Waals surface area contributed by atoms with Crippen molar-refractivity contribution in [2.45, 2.75) is 25.7 Å². The number of esters is 2. The van der Waals surface area contributed by atoms with Crippen molar-refractivity contribution in [2.24, 2.45) is 0 Å². The van der Waals surface area contributed by atoms with E-state index in [-0.39, 0.29) is 12.2 Å². The Bertz CT molecular complexity index is 201. The van der Waals surface area contributed by atoms with E-state index in [2.05, 4.69) is 22.1 Å². The average Bonchev–Trinajstić information content (AvgIpc) is 2.26. The van der Waals surface area contributed by atoms with Crippen molar-refractivity contribution in [3.63, 3.8) is 0 Å². The van der Waals surface area contributed by atoms with Gasteiger partial charge in [-0.2, -0.15) is 0 Å².